The maximum atomic E-state index is 11.3. The zero-order valence-corrected chi connectivity index (χ0v) is 10.9. The van der Waals surface area contributed by atoms with Gasteiger partial charge in [-0.15, -0.1) is 0 Å². The number of benzene rings is 1. The first kappa shape index (κ1) is 12.9. The third-order valence-electron chi connectivity index (χ3n) is 2.82. The molecule has 0 saturated carbocycles. The number of nitrogens with one attached hydrogen (secondary N) is 1. The number of aromatic amines is 1. The Bertz CT molecular complexity index is 619. The molecular formula is C13H14N2O4. The molecule has 0 aliphatic heterocycles. The standard InChI is InChI=1S/C13H14N2O4/c1-7-11(13(16)17)12(15-14-7)9-5-4-8(18-2)6-10(9)19-3/h4-6H,1-3H3,(H,14,15)(H,16,17). The molecule has 2 N–H and O–H groups in total. The first-order chi connectivity index (χ1) is 9.08. The lowest BCUT2D eigenvalue weighted by Gasteiger charge is -2.09. The van der Waals surface area contributed by atoms with Gasteiger partial charge in [-0.2, -0.15) is 5.10 Å². The highest BCUT2D eigenvalue weighted by Gasteiger charge is 2.21. The average Bonchev–Trinajstić information content (AvgIpc) is 2.79. The van der Waals surface area contributed by atoms with E-state index in [-0.39, 0.29) is 5.56 Å². The van der Waals surface area contributed by atoms with Gasteiger partial charge < -0.3 is 14.6 Å². The van der Waals surface area contributed by atoms with Gasteiger partial charge in [-0.25, -0.2) is 4.79 Å². The van der Waals surface area contributed by atoms with E-state index in [2.05, 4.69) is 10.2 Å². The molecule has 0 aliphatic carbocycles. The topological polar surface area (TPSA) is 84.4 Å². The Hall–Kier alpha value is -2.50. The summed E-state index contributed by atoms with van der Waals surface area (Å²) >= 11 is 0. The normalized spacial score (nSPS) is 10.3. The number of rotatable bonds is 4. The minimum atomic E-state index is -1.03. The average molecular weight is 262 g/mol. The van der Waals surface area contributed by atoms with Crippen molar-refractivity contribution < 1.29 is 19.4 Å². The second-order valence-corrected chi connectivity index (χ2v) is 3.94. The SMILES string of the molecule is COc1ccc(-c2n[nH]c(C)c2C(=O)O)c(OC)c1. The predicted octanol–water partition coefficient (Wildman–Crippen LogP) is 2.10. The van der Waals surface area contributed by atoms with Crippen LogP contribution in [0.1, 0.15) is 16.1 Å². The summed E-state index contributed by atoms with van der Waals surface area (Å²) in [5.41, 5.74) is 1.60. The number of aryl methyl sites for hydroxylation is 1. The van der Waals surface area contributed by atoms with Gasteiger partial charge in [-0.05, 0) is 19.1 Å². The predicted molar refractivity (Wildman–Crippen MR) is 68.8 cm³/mol. The van der Waals surface area contributed by atoms with Crippen molar-refractivity contribution in [1.29, 1.82) is 0 Å². The zero-order chi connectivity index (χ0) is 14.0. The molecule has 0 saturated heterocycles. The highest BCUT2D eigenvalue weighted by atomic mass is 16.5. The minimum absolute atomic E-state index is 0.142. The molecule has 0 atom stereocenters. The first-order valence-electron chi connectivity index (χ1n) is 5.59. The molecule has 0 fully saturated rings. The van der Waals surface area contributed by atoms with E-state index in [4.69, 9.17) is 9.47 Å². The van der Waals surface area contributed by atoms with E-state index in [0.29, 0.717) is 28.5 Å². The fraction of sp³-hybridized carbons (Fsp3) is 0.231. The first-order valence-corrected chi connectivity index (χ1v) is 5.59. The van der Waals surface area contributed by atoms with Crippen molar-refractivity contribution in [3.63, 3.8) is 0 Å². The Morgan fingerprint density at radius 3 is 2.63 bits per heavy atom. The molecule has 1 aromatic carbocycles. The molecule has 1 aromatic heterocycles. The van der Waals surface area contributed by atoms with Crippen LogP contribution in [-0.4, -0.2) is 35.5 Å². The monoisotopic (exact) mass is 262 g/mol. The summed E-state index contributed by atoms with van der Waals surface area (Å²) in [6.45, 7) is 1.66. The van der Waals surface area contributed by atoms with Crippen molar-refractivity contribution in [3.05, 3.63) is 29.5 Å². The molecule has 0 radical (unpaired) electrons. The quantitative estimate of drug-likeness (QED) is 0.881. The molecule has 6 nitrogen and oxygen atoms in total. The highest BCUT2D eigenvalue weighted by Crippen LogP contribution is 2.34. The lowest BCUT2D eigenvalue weighted by molar-refractivity contribution is 0.0697. The molecule has 100 valence electrons. The molecule has 6 heteroatoms. The summed E-state index contributed by atoms with van der Waals surface area (Å²) in [4.78, 5) is 11.3. The molecule has 0 spiro atoms. The maximum absolute atomic E-state index is 11.3. The van der Waals surface area contributed by atoms with Crippen molar-refractivity contribution in [3.8, 4) is 22.8 Å². The third-order valence-corrected chi connectivity index (χ3v) is 2.82. The Morgan fingerprint density at radius 1 is 1.32 bits per heavy atom. The zero-order valence-electron chi connectivity index (χ0n) is 10.9. The van der Waals surface area contributed by atoms with E-state index in [0.717, 1.165) is 0 Å². The van der Waals surface area contributed by atoms with Crippen LogP contribution in [0, 0.1) is 6.92 Å². The second-order valence-electron chi connectivity index (χ2n) is 3.94. The third kappa shape index (κ3) is 2.24. The number of hydrogen-bond acceptors (Lipinski definition) is 4. The summed E-state index contributed by atoms with van der Waals surface area (Å²) in [5, 5.41) is 16.0. The van der Waals surface area contributed by atoms with Crippen LogP contribution < -0.4 is 9.47 Å². The molecular weight excluding hydrogens is 248 g/mol. The molecule has 0 aliphatic rings. The van der Waals surface area contributed by atoms with Crippen LogP contribution >= 0.6 is 0 Å². The van der Waals surface area contributed by atoms with E-state index in [1.165, 1.54) is 7.11 Å². The van der Waals surface area contributed by atoms with Gasteiger partial charge in [0.2, 0.25) is 0 Å². The van der Waals surface area contributed by atoms with Crippen molar-refractivity contribution >= 4 is 5.97 Å². The Kier molecular flexibility index (Phi) is 3.41. The number of H-pyrrole nitrogens is 1. The molecule has 2 rings (SSSR count). The number of hydrogen-bond donors (Lipinski definition) is 2. The van der Waals surface area contributed by atoms with Crippen molar-refractivity contribution in [2.45, 2.75) is 6.92 Å². The van der Waals surface area contributed by atoms with Gasteiger partial charge in [0, 0.05) is 17.3 Å². The van der Waals surface area contributed by atoms with Crippen LogP contribution in [0.5, 0.6) is 11.5 Å². The number of carbonyl (C=O) groups is 1. The second kappa shape index (κ2) is 5.01. The van der Waals surface area contributed by atoms with Crippen LogP contribution in [-0.2, 0) is 0 Å². The van der Waals surface area contributed by atoms with E-state index in [9.17, 15) is 9.90 Å². The van der Waals surface area contributed by atoms with Gasteiger partial charge in [0.05, 0.1) is 14.2 Å². The number of aromatic carboxylic acids is 1. The molecule has 0 unspecified atom stereocenters. The van der Waals surface area contributed by atoms with Crippen molar-refractivity contribution in [1.82, 2.24) is 10.2 Å². The van der Waals surface area contributed by atoms with E-state index >= 15 is 0 Å². The molecule has 0 bridgehead atoms. The van der Waals surface area contributed by atoms with Gasteiger partial charge in [0.1, 0.15) is 22.8 Å². The van der Waals surface area contributed by atoms with Crippen molar-refractivity contribution in [2.75, 3.05) is 14.2 Å². The van der Waals surface area contributed by atoms with Crippen LogP contribution in [0.25, 0.3) is 11.3 Å². The largest absolute Gasteiger partial charge is 0.497 e. The van der Waals surface area contributed by atoms with E-state index < -0.39 is 5.97 Å². The van der Waals surface area contributed by atoms with E-state index in [1.54, 1.807) is 32.2 Å². The molecule has 2 aromatic rings. The van der Waals surface area contributed by atoms with Gasteiger partial charge >= 0.3 is 5.97 Å². The van der Waals surface area contributed by atoms with Crippen LogP contribution in [0.15, 0.2) is 18.2 Å². The van der Waals surface area contributed by atoms with Gasteiger partial charge in [-0.1, -0.05) is 0 Å². The lowest BCUT2D eigenvalue weighted by Crippen LogP contribution is -2.00. The van der Waals surface area contributed by atoms with Gasteiger partial charge in [-0.3, -0.25) is 5.10 Å². The Labute approximate surface area is 110 Å². The number of carboxylic acid groups (broad SMARTS) is 1. The molecule has 19 heavy (non-hydrogen) atoms. The summed E-state index contributed by atoms with van der Waals surface area (Å²) in [6, 6.07) is 5.14. The summed E-state index contributed by atoms with van der Waals surface area (Å²) in [5.74, 6) is 0.109. The van der Waals surface area contributed by atoms with Crippen LogP contribution in [0.4, 0.5) is 0 Å². The molecule has 0 amide bonds. The molecule has 1 heterocycles. The number of nitrogens with zero attached hydrogens (tertiary/aromatic N) is 1. The van der Waals surface area contributed by atoms with Gasteiger partial charge in [0.25, 0.3) is 0 Å². The van der Waals surface area contributed by atoms with Gasteiger partial charge in [0.15, 0.2) is 0 Å². The Morgan fingerprint density at radius 2 is 2.05 bits per heavy atom. The smallest absolute Gasteiger partial charge is 0.339 e. The van der Waals surface area contributed by atoms with Crippen LogP contribution in [0.2, 0.25) is 0 Å². The number of ether oxygens (including phenoxy) is 2. The maximum Gasteiger partial charge on any atom is 0.339 e. The summed E-state index contributed by atoms with van der Waals surface area (Å²) < 4.78 is 10.4. The summed E-state index contributed by atoms with van der Waals surface area (Å²) in [6.07, 6.45) is 0. The minimum Gasteiger partial charge on any atom is -0.497 e. The number of methoxy groups -OCH3 is 2. The fourth-order valence-electron chi connectivity index (χ4n) is 1.88. The highest BCUT2D eigenvalue weighted by molar-refractivity contribution is 5.96. The van der Waals surface area contributed by atoms with E-state index in [1.807, 2.05) is 0 Å². The van der Waals surface area contributed by atoms with Crippen molar-refractivity contribution in [2.24, 2.45) is 0 Å². The fourth-order valence-corrected chi connectivity index (χ4v) is 1.88. The lowest BCUT2D eigenvalue weighted by atomic mass is 10.0. The Balaban J connectivity index is 2.62. The summed E-state index contributed by atoms with van der Waals surface area (Å²) in [7, 11) is 3.06. The van der Waals surface area contributed by atoms with Crippen LogP contribution in [0.3, 0.4) is 0 Å². The number of carboxylic acids is 1. The number of aromatic nitrogens is 2.